The van der Waals surface area contributed by atoms with Gasteiger partial charge in [-0.1, -0.05) is 0 Å². The molecule has 0 radical (unpaired) electrons. The standard InChI is InChI=1S/4CN.2CH6P2.2Pt/c4*1-2;2*2-1-3;;/h;;;;2*1-3H2;;/q4*-1;;;;/p+4. The summed E-state index contributed by atoms with van der Waals surface area (Å²) in [7, 11) is 7.94. The first-order chi connectivity index (χ1) is 6.83. The van der Waals surface area contributed by atoms with Crippen LogP contribution in [0.2, 0.25) is 0 Å². The van der Waals surface area contributed by atoms with Gasteiger partial charge in [-0.25, -0.2) is 0 Å². The van der Waals surface area contributed by atoms with Crippen LogP contribution in [0.25, 0.3) is 0 Å². The van der Waals surface area contributed by atoms with Gasteiger partial charge < -0.3 is 47.3 Å². The summed E-state index contributed by atoms with van der Waals surface area (Å²) in [6.07, 6.45) is 0. The Balaban J connectivity index is -0.00000000791. The van der Waals surface area contributed by atoms with Crippen LogP contribution >= 0.6 is 37.0 Å². The van der Waals surface area contributed by atoms with E-state index in [0.717, 1.165) is 0 Å². The Bertz CT molecular complexity index is 92.1. The minimum absolute atomic E-state index is 0. The zero-order valence-corrected chi connectivity index (χ0v) is 18.9. The molecule has 0 saturated carbocycles. The Morgan fingerprint density at radius 3 is 0.500 bits per heavy atom. The molecular weight excluding hydrogens is 642 g/mol. The quantitative estimate of drug-likeness (QED) is 0.283. The van der Waals surface area contributed by atoms with Gasteiger partial charge in [0.2, 0.25) is 0 Å². The van der Waals surface area contributed by atoms with E-state index in [1.54, 1.807) is 0 Å². The minimum Gasteiger partial charge on any atom is -0.512 e. The van der Waals surface area contributed by atoms with Crippen LogP contribution in [0.15, 0.2) is 0 Å². The van der Waals surface area contributed by atoms with Gasteiger partial charge in [0, 0.05) is 79.1 Å². The monoisotopic (exact) mass is 658 g/mol. The predicted octanol–water partition coefficient (Wildman–Crippen LogP) is 0.698. The summed E-state index contributed by atoms with van der Waals surface area (Å²) in [5.41, 5.74) is 0. The van der Waals surface area contributed by atoms with Crippen LogP contribution < -0.4 is 0 Å². The molecule has 0 spiro atoms. The second-order valence-electron chi connectivity index (χ2n) is 0.707. The summed E-state index contributed by atoms with van der Waals surface area (Å²) in [5, 5.41) is 25.0. The molecule has 16 heavy (non-hydrogen) atoms. The van der Waals surface area contributed by atoms with Gasteiger partial charge in [0.25, 0.3) is 0 Å². The maximum Gasteiger partial charge on any atom is 0.146 e. The van der Waals surface area contributed by atoms with E-state index in [1.807, 2.05) is 37.0 Å². The van der Waals surface area contributed by atoms with Crippen molar-refractivity contribution >= 4 is 37.0 Å². The third-order valence-electron chi connectivity index (χ3n) is 0. The number of hydrogen-bond acceptors (Lipinski definition) is 4. The van der Waals surface area contributed by atoms with Crippen LogP contribution in [0, 0.1) is 47.3 Å². The van der Waals surface area contributed by atoms with Crippen LogP contribution in [0.5, 0.6) is 0 Å². The molecule has 0 aliphatic carbocycles. The molecular formula is C6H16N4P4Pt2. The van der Waals surface area contributed by atoms with Crippen LogP contribution in [-0.4, -0.2) is 11.8 Å². The Morgan fingerprint density at radius 1 is 0.500 bits per heavy atom. The average Bonchev–Trinajstić information content (AvgIpc) is 2.31. The SMILES string of the molecule is [C-]#N.[C-]#N.[C-]#N.[C-]#N.[PH3+]C[PH3+].[PH3+]C[PH3+].[Pt].[Pt]. The molecule has 0 aromatic carbocycles. The molecule has 4 nitrogen and oxygen atoms in total. The van der Waals surface area contributed by atoms with Gasteiger partial charge >= 0.3 is 0 Å². The third kappa shape index (κ3) is 2660. The van der Waals surface area contributed by atoms with Crippen molar-refractivity contribution in [3.05, 3.63) is 26.3 Å². The average molecular weight is 658 g/mol. The molecule has 4 unspecified atom stereocenters. The van der Waals surface area contributed by atoms with Crippen molar-refractivity contribution in [1.29, 1.82) is 21.0 Å². The molecule has 0 amide bonds. The molecule has 4 atom stereocenters. The van der Waals surface area contributed by atoms with Gasteiger partial charge in [-0.2, -0.15) is 0 Å². The molecule has 0 saturated heterocycles. The van der Waals surface area contributed by atoms with Crippen molar-refractivity contribution in [2.45, 2.75) is 0 Å². The van der Waals surface area contributed by atoms with Crippen molar-refractivity contribution in [1.82, 2.24) is 0 Å². The van der Waals surface area contributed by atoms with Crippen molar-refractivity contribution in [3.8, 4) is 0 Å². The Morgan fingerprint density at radius 2 is 0.500 bits per heavy atom. The summed E-state index contributed by atoms with van der Waals surface area (Å²) >= 11 is 0. The molecule has 10 heteroatoms. The van der Waals surface area contributed by atoms with E-state index >= 15 is 0 Å². The molecule has 0 rings (SSSR count). The maximum absolute atomic E-state index is 6.25. The van der Waals surface area contributed by atoms with E-state index in [-0.39, 0.29) is 42.1 Å². The Hall–Kier alpha value is 1.06. The summed E-state index contributed by atoms with van der Waals surface area (Å²) in [4.78, 5) is 0. The second kappa shape index (κ2) is 390. The van der Waals surface area contributed by atoms with Gasteiger partial charge in [0.05, 0.1) is 0 Å². The fourth-order valence-corrected chi connectivity index (χ4v) is 0. The minimum atomic E-state index is 0. The molecule has 0 fully saturated rings. The van der Waals surface area contributed by atoms with E-state index in [2.05, 4.69) is 0 Å². The molecule has 0 N–H and O–H groups in total. The van der Waals surface area contributed by atoms with Crippen molar-refractivity contribution in [3.63, 3.8) is 0 Å². The van der Waals surface area contributed by atoms with Crippen LogP contribution in [0.1, 0.15) is 0 Å². The molecule has 0 aromatic rings. The zero-order valence-electron chi connectivity index (χ0n) is 8.66. The second-order valence-corrected chi connectivity index (χ2v) is 6.36. The van der Waals surface area contributed by atoms with Gasteiger partial charge in [0.15, 0.2) is 0 Å². The first-order valence-electron chi connectivity index (χ1n) is 2.89. The number of rotatable bonds is 0. The van der Waals surface area contributed by atoms with E-state index < -0.39 is 0 Å². The van der Waals surface area contributed by atoms with Gasteiger partial charge in [0.1, 0.15) is 11.8 Å². The Labute approximate surface area is 137 Å². The summed E-state index contributed by atoms with van der Waals surface area (Å²) in [6.45, 7) is 19.0. The summed E-state index contributed by atoms with van der Waals surface area (Å²) < 4.78 is 0. The van der Waals surface area contributed by atoms with Gasteiger partial charge in [-0.3, -0.25) is 0 Å². The van der Waals surface area contributed by atoms with E-state index in [9.17, 15) is 0 Å². The molecule has 0 heterocycles. The van der Waals surface area contributed by atoms with Crippen LogP contribution in [0.3, 0.4) is 0 Å². The van der Waals surface area contributed by atoms with Crippen molar-refractivity contribution < 1.29 is 42.1 Å². The number of hydrogen-bond donors (Lipinski definition) is 0. The summed E-state index contributed by atoms with van der Waals surface area (Å²) in [6, 6.07) is 0. The molecule has 0 bridgehead atoms. The maximum atomic E-state index is 6.25. The molecule has 100 valence electrons. The van der Waals surface area contributed by atoms with E-state index in [0.29, 0.717) is 0 Å². The largest absolute Gasteiger partial charge is 0.512 e. The molecule has 0 aliphatic heterocycles. The van der Waals surface area contributed by atoms with E-state index in [1.165, 1.54) is 11.8 Å². The fourth-order valence-electron chi connectivity index (χ4n) is 0. The molecule has 0 aliphatic rings. The zero-order chi connectivity index (χ0) is 13.4. The fraction of sp³-hybridized carbons (Fsp3) is 0.333. The normalized spacial score (nSPS) is 3.50. The van der Waals surface area contributed by atoms with Crippen LogP contribution in [-0.2, 0) is 42.1 Å². The van der Waals surface area contributed by atoms with Crippen molar-refractivity contribution in [2.24, 2.45) is 0 Å². The topological polar surface area (TPSA) is 95.2 Å². The first-order valence-corrected chi connectivity index (χ1v) is 6.89. The molecule has 0 aromatic heterocycles. The summed E-state index contributed by atoms with van der Waals surface area (Å²) in [5.74, 6) is 2.61. The first kappa shape index (κ1) is 53.6. The predicted molar refractivity (Wildman–Crippen MR) is 74.0 cm³/mol. The van der Waals surface area contributed by atoms with Crippen LogP contribution in [0.4, 0.5) is 0 Å². The van der Waals surface area contributed by atoms with E-state index in [4.69, 9.17) is 47.3 Å². The van der Waals surface area contributed by atoms with Gasteiger partial charge in [-0.15, -0.1) is 0 Å². The third-order valence-corrected chi connectivity index (χ3v) is 0. The smallest absolute Gasteiger partial charge is 0.146 e. The van der Waals surface area contributed by atoms with Gasteiger partial charge in [-0.05, 0) is 0 Å². The Kier molecular flexibility index (Phi) is 1310. The number of nitrogens with zero attached hydrogens (tertiary/aromatic N) is 4. The van der Waals surface area contributed by atoms with Crippen molar-refractivity contribution in [2.75, 3.05) is 11.8 Å².